The number of carbonyl (C=O) groups excluding carboxylic acids is 2. The van der Waals surface area contributed by atoms with Crippen LogP contribution in [0.1, 0.15) is 22.9 Å². The second-order valence-electron chi connectivity index (χ2n) is 9.03. The lowest BCUT2D eigenvalue weighted by atomic mass is 9.95. The van der Waals surface area contributed by atoms with Gasteiger partial charge in [0.1, 0.15) is 13.1 Å². The number of ketones is 1. The first kappa shape index (κ1) is 24.4. The largest absolute Gasteiger partial charge is 0.872 e. The monoisotopic (exact) mass is 550 g/mol. The molecule has 0 spiro atoms. The number of benzene rings is 2. The van der Waals surface area contributed by atoms with Gasteiger partial charge in [0.05, 0.1) is 44.2 Å². The summed E-state index contributed by atoms with van der Waals surface area (Å²) in [6, 6.07) is 16.1. The van der Waals surface area contributed by atoms with E-state index in [9.17, 15) is 14.7 Å². The first-order valence-corrected chi connectivity index (χ1v) is 12.8. The van der Waals surface area contributed by atoms with Crippen LogP contribution in [0.4, 0.5) is 0 Å². The van der Waals surface area contributed by atoms with E-state index in [-0.39, 0.29) is 5.57 Å². The van der Waals surface area contributed by atoms with Crippen molar-refractivity contribution < 1.29 is 24.3 Å². The SMILES string of the molecule is Cc1c(/C([O-])=C2\C(=O)C(=O)N(CC[NH+]3CCOCC3)C2c2ccc(Br)cc2)cnn1-c1ccccc1. The number of amides is 1. The quantitative estimate of drug-likeness (QED) is 0.282. The maximum atomic E-state index is 13.8. The number of hydrogen-bond acceptors (Lipinski definition) is 5. The topological polar surface area (TPSA) is 91.9 Å². The van der Waals surface area contributed by atoms with Crippen LogP contribution in [0.15, 0.2) is 70.8 Å². The van der Waals surface area contributed by atoms with Crippen LogP contribution in [-0.2, 0) is 14.3 Å². The Morgan fingerprint density at radius 3 is 2.50 bits per heavy atom. The molecule has 2 saturated heterocycles. The Balaban J connectivity index is 1.55. The fourth-order valence-electron chi connectivity index (χ4n) is 4.89. The van der Waals surface area contributed by atoms with E-state index in [1.165, 1.54) is 11.1 Å². The minimum Gasteiger partial charge on any atom is -0.872 e. The van der Waals surface area contributed by atoms with E-state index in [0.717, 1.165) is 28.8 Å². The zero-order valence-electron chi connectivity index (χ0n) is 19.9. The van der Waals surface area contributed by atoms with Crippen LogP contribution in [0.5, 0.6) is 0 Å². The number of nitrogens with zero attached hydrogens (tertiary/aromatic N) is 3. The van der Waals surface area contributed by atoms with Gasteiger partial charge in [-0.3, -0.25) is 9.59 Å². The number of ether oxygens (including phenoxy) is 1. The van der Waals surface area contributed by atoms with Gasteiger partial charge in [0.15, 0.2) is 0 Å². The summed E-state index contributed by atoms with van der Waals surface area (Å²) < 4.78 is 7.98. The maximum Gasteiger partial charge on any atom is 0.295 e. The van der Waals surface area contributed by atoms with E-state index in [4.69, 9.17) is 4.74 Å². The zero-order chi connectivity index (χ0) is 25.2. The summed E-state index contributed by atoms with van der Waals surface area (Å²) in [5.74, 6) is -1.83. The Bertz CT molecular complexity index is 1300. The van der Waals surface area contributed by atoms with Crippen molar-refractivity contribution in [3.63, 3.8) is 0 Å². The molecule has 0 aliphatic carbocycles. The fourth-order valence-corrected chi connectivity index (χ4v) is 5.15. The second-order valence-corrected chi connectivity index (χ2v) is 9.94. The molecule has 3 heterocycles. The zero-order valence-corrected chi connectivity index (χ0v) is 21.5. The minimum absolute atomic E-state index is 0.0185. The molecule has 36 heavy (non-hydrogen) atoms. The summed E-state index contributed by atoms with van der Waals surface area (Å²) in [7, 11) is 0. The van der Waals surface area contributed by atoms with Crippen molar-refractivity contribution in [1.82, 2.24) is 14.7 Å². The first-order chi connectivity index (χ1) is 17.5. The van der Waals surface area contributed by atoms with Crippen molar-refractivity contribution in [1.29, 1.82) is 0 Å². The maximum absolute atomic E-state index is 13.8. The van der Waals surface area contributed by atoms with E-state index in [1.54, 1.807) is 16.5 Å². The Hall–Kier alpha value is -3.27. The molecule has 1 atom stereocenters. The van der Waals surface area contributed by atoms with Gasteiger partial charge < -0.3 is 19.6 Å². The number of Topliss-reactive ketones (excluding diaryl/α,β-unsaturated/α-hetero) is 1. The Kier molecular flexibility index (Phi) is 7.04. The van der Waals surface area contributed by atoms with E-state index in [1.807, 2.05) is 54.6 Å². The van der Waals surface area contributed by atoms with Gasteiger partial charge in [0, 0.05) is 21.3 Å². The van der Waals surface area contributed by atoms with E-state index >= 15 is 0 Å². The highest BCUT2D eigenvalue weighted by atomic mass is 79.9. The summed E-state index contributed by atoms with van der Waals surface area (Å²) in [5, 5.41) is 18.2. The third-order valence-corrected chi connectivity index (χ3v) is 7.41. The smallest absolute Gasteiger partial charge is 0.295 e. The van der Waals surface area contributed by atoms with Crippen LogP contribution >= 0.6 is 15.9 Å². The summed E-state index contributed by atoms with van der Waals surface area (Å²) in [6.07, 6.45) is 1.48. The fraction of sp³-hybridized carbons (Fsp3) is 0.296. The van der Waals surface area contributed by atoms with Crippen LogP contribution in [0.3, 0.4) is 0 Å². The molecule has 1 N–H and O–H groups in total. The van der Waals surface area contributed by atoms with E-state index < -0.39 is 23.5 Å². The molecule has 1 aromatic heterocycles. The first-order valence-electron chi connectivity index (χ1n) is 12.0. The Morgan fingerprint density at radius 2 is 1.81 bits per heavy atom. The predicted octanol–water partition coefficient (Wildman–Crippen LogP) is 1.08. The molecule has 9 heteroatoms. The molecule has 1 amide bonds. The number of hydrogen-bond donors (Lipinski definition) is 1. The molecule has 186 valence electrons. The standard InChI is InChI=1S/C27H27BrN4O4/c1-18-22(17-29-32(18)21-5-3-2-4-6-21)25(33)23-24(19-7-9-20(28)10-8-19)31(27(35)26(23)34)12-11-30-13-15-36-16-14-30/h2-10,17,24,33H,11-16H2,1H3/b25-23+. The van der Waals surface area contributed by atoms with Crippen LogP contribution in [0.2, 0.25) is 0 Å². The normalized spacial score (nSPS) is 20.3. The third kappa shape index (κ3) is 4.61. The number of carbonyl (C=O) groups is 2. The van der Waals surface area contributed by atoms with Gasteiger partial charge in [-0.25, -0.2) is 4.68 Å². The Morgan fingerprint density at radius 1 is 1.11 bits per heavy atom. The minimum atomic E-state index is -0.745. The van der Waals surface area contributed by atoms with Gasteiger partial charge in [-0.05, 0) is 36.8 Å². The molecule has 2 fully saturated rings. The molecule has 2 aliphatic rings. The van der Waals surface area contributed by atoms with Gasteiger partial charge in [0.2, 0.25) is 5.78 Å². The summed E-state index contributed by atoms with van der Waals surface area (Å²) >= 11 is 3.44. The van der Waals surface area contributed by atoms with Crippen LogP contribution in [0.25, 0.3) is 11.4 Å². The lowest BCUT2D eigenvalue weighted by molar-refractivity contribution is -0.907. The van der Waals surface area contributed by atoms with Crippen molar-refractivity contribution in [2.45, 2.75) is 13.0 Å². The predicted molar refractivity (Wildman–Crippen MR) is 135 cm³/mol. The molecular formula is C27H27BrN4O4. The highest BCUT2D eigenvalue weighted by Gasteiger charge is 2.44. The van der Waals surface area contributed by atoms with Crippen molar-refractivity contribution >= 4 is 33.4 Å². The summed E-state index contributed by atoms with van der Waals surface area (Å²) in [5.41, 5.74) is 2.45. The lowest BCUT2D eigenvalue weighted by Gasteiger charge is -2.30. The summed E-state index contributed by atoms with van der Waals surface area (Å²) in [4.78, 5) is 29.4. The number of rotatable bonds is 6. The highest BCUT2D eigenvalue weighted by molar-refractivity contribution is 9.10. The van der Waals surface area contributed by atoms with Crippen LogP contribution in [-0.4, -0.2) is 65.8 Å². The molecule has 3 aromatic rings. The number of likely N-dealkylation sites (tertiary alicyclic amines) is 1. The van der Waals surface area contributed by atoms with E-state index in [2.05, 4.69) is 21.0 Å². The molecular weight excluding hydrogens is 524 g/mol. The lowest BCUT2D eigenvalue weighted by Crippen LogP contribution is -3.14. The number of para-hydroxylation sites is 1. The van der Waals surface area contributed by atoms with Crippen molar-refractivity contribution in [3.05, 3.63) is 87.7 Å². The number of nitrogens with one attached hydrogen (secondary N) is 1. The number of morpholine rings is 1. The third-order valence-electron chi connectivity index (χ3n) is 6.88. The number of quaternary nitrogens is 1. The molecule has 2 aliphatic heterocycles. The molecule has 0 bridgehead atoms. The van der Waals surface area contributed by atoms with Crippen molar-refractivity contribution in [2.75, 3.05) is 39.4 Å². The molecule has 2 aromatic carbocycles. The summed E-state index contributed by atoms with van der Waals surface area (Å²) in [6.45, 7) is 5.92. The molecule has 0 saturated carbocycles. The number of aromatic nitrogens is 2. The van der Waals surface area contributed by atoms with E-state index in [0.29, 0.717) is 37.6 Å². The average molecular weight is 551 g/mol. The second kappa shape index (κ2) is 10.4. The Labute approximate surface area is 217 Å². The van der Waals surface area contributed by atoms with Crippen LogP contribution in [0, 0.1) is 6.92 Å². The van der Waals surface area contributed by atoms with Gasteiger partial charge in [-0.1, -0.05) is 52.0 Å². The molecule has 5 rings (SSSR count). The molecule has 8 nitrogen and oxygen atoms in total. The van der Waals surface area contributed by atoms with Gasteiger partial charge >= 0.3 is 0 Å². The number of halogens is 1. The van der Waals surface area contributed by atoms with Gasteiger partial charge in [0.25, 0.3) is 5.91 Å². The van der Waals surface area contributed by atoms with Crippen LogP contribution < -0.4 is 10.0 Å². The molecule has 1 unspecified atom stereocenters. The van der Waals surface area contributed by atoms with Gasteiger partial charge in [-0.2, -0.15) is 5.10 Å². The van der Waals surface area contributed by atoms with Crippen molar-refractivity contribution in [3.8, 4) is 5.69 Å². The molecule has 0 radical (unpaired) electrons. The van der Waals surface area contributed by atoms with Gasteiger partial charge in [-0.15, -0.1) is 0 Å². The van der Waals surface area contributed by atoms with Crippen molar-refractivity contribution in [2.24, 2.45) is 0 Å². The highest BCUT2D eigenvalue weighted by Crippen LogP contribution is 2.39. The average Bonchev–Trinajstić information content (AvgIpc) is 3.41.